The smallest absolute Gasteiger partial charge is 0.140 e. The van der Waals surface area contributed by atoms with Gasteiger partial charge < -0.3 is 9.30 Å². The molecule has 0 amide bonds. The fraction of sp³-hybridized carbons (Fsp3) is 0.263. The number of pyridine rings is 1. The van der Waals surface area contributed by atoms with Crippen molar-refractivity contribution in [3.05, 3.63) is 66.7 Å². The van der Waals surface area contributed by atoms with Crippen molar-refractivity contribution in [1.29, 1.82) is 0 Å². The van der Waals surface area contributed by atoms with E-state index >= 15 is 0 Å². The second-order valence-electron chi connectivity index (χ2n) is 6.52. The van der Waals surface area contributed by atoms with E-state index in [2.05, 4.69) is 40.5 Å². The monoisotopic (exact) mass is 305 g/mol. The Kier molecular flexibility index (Phi) is 3.18. The number of rotatable bonds is 2. The van der Waals surface area contributed by atoms with Gasteiger partial charge >= 0.3 is 0 Å². The predicted octanol–water partition coefficient (Wildman–Crippen LogP) is 4.10. The Labute approximate surface area is 135 Å². The Morgan fingerprint density at radius 3 is 2.78 bits per heavy atom. The molecule has 1 atom stereocenters. The minimum Gasteiger partial charge on any atom is -0.487 e. The summed E-state index contributed by atoms with van der Waals surface area (Å²) in [6.07, 6.45) is 8.47. The third-order valence-corrected chi connectivity index (χ3v) is 4.28. The van der Waals surface area contributed by atoms with Crippen LogP contribution in [-0.2, 0) is 0 Å². The second kappa shape index (κ2) is 5.23. The van der Waals surface area contributed by atoms with Gasteiger partial charge in [-0.3, -0.25) is 4.98 Å². The molecular weight excluding hydrogens is 286 g/mol. The number of imidazole rings is 1. The van der Waals surface area contributed by atoms with Crippen LogP contribution in [0, 0.1) is 0 Å². The van der Waals surface area contributed by atoms with Crippen molar-refractivity contribution < 1.29 is 4.74 Å². The molecule has 2 aromatic heterocycles. The Morgan fingerprint density at radius 2 is 1.96 bits per heavy atom. The lowest BCUT2D eigenvalue weighted by Crippen LogP contribution is -2.37. The number of aromatic nitrogens is 3. The Hall–Kier alpha value is -2.62. The van der Waals surface area contributed by atoms with Gasteiger partial charge in [-0.1, -0.05) is 30.3 Å². The van der Waals surface area contributed by atoms with E-state index in [1.807, 2.05) is 42.9 Å². The molecule has 0 saturated heterocycles. The Morgan fingerprint density at radius 1 is 1.13 bits per heavy atom. The maximum atomic E-state index is 6.12. The first kappa shape index (κ1) is 14.0. The van der Waals surface area contributed by atoms with Gasteiger partial charge in [-0.05, 0) is 19.9 Å². The average molecular weight is 305 g/mol. The largest absolute Gasteiger partial charge is 0.487 e. The van der Waals surface area contributed by atoms with Crippen LogP contribution in [0.4, 0.5) is 0 Å². The molecule has 0 radical (unpaired) electrons. The summed E-state index contributed by atoms with van der Waals surface area (Å²) < 4.78 is 8.36. The van der Waals surface area contributed by atoms with E-state index in [0.717, 1.165) is 29.1 Å². The van der Waals surface area contributed by atoms with Gasteiger partial charge in [-0.25, -0.2) is 4.98 Å². The van der Waals surface area contributed by atoms with Crippen LogP contribution in [0.15, 0.2) is 61.2 Å². The van der Waals surface area contributed by atoms with Gasteiger partial charge in [-0.2, -0.15) is 0 Å². The third-order valence-electron chi connectivity index (χ3n) is 4.28. The van der Waals surface area contributed by atoms with E-state index in [0.29, 0.717) is 0 Å². The normalized spacial score (nSPS) is 19.0. The third kappa shape index (κ3) is 2.50. The van der Waals surface area contributed by atoms with Crippen molar-refractivity contribution in [3.63, 3.8) is 0 Å². The lowest BCUT2D eigenvalue weighted by atomic mass is 9.90. The van der Waals surface area contributed by atoms with Crippen molar-refractivity contribution in [2.24, 2.45) is 0 Å². The Balaban J connectivity index is 1.84. The summed E-state index contributed by atoms with van der Waals surface area (Å²) in [6.45, 7) is 4.25. The summed E-state index contributed by atoms with van der Waals surface area (Å²) >= 11 is 0. The molecule has 4 nitrogen and oxygen atoms in total. The lowest BCUT2D eigenvalue weighted by Gasteiger charge is -2.38. The van der Waals surface area contributed by atoms with Gasteiger partial charge in [-0.15, -0.1) is 0 Å². The summed E-state index contributed by atoms with van der Waals surface area (Å²) in [7, 11) is 0. The van der Waals surface area contributed by atoms with E-state index in [-0.39, 0.29) is 11.6 Å². The SMILES string of the molecule is CC1(C)CC(n2ccnc2-c2ccccc2)c2cnccc2O1. The van der Waals surface area contributed by atoms with Crippen LogP contribution >= 0.6 is 0 Å². The zero-order chi connectivity index (χ0) is 15.9. The average Bonchev–Trinajstić information content (AvgIpc) is 3.03. The van der Waals surface area contributed by atoms with Crippen LogP contribution in [0.1, 0.15) is 31.9 Å². The van der Waals surface area contributed by atoms with Crippen LogP contribution in [-0.4, -0.2) is 20.1 Å². The van der Waals surface area contributed by atoms with E-state index in [9.17, 15) is 0 Å². The summed E-state index contributed by atoms with van der Waals surface area (Å²) in [5.74, 6) is 1.89. The highest BCUT2D eigenvalue weighted by Crippen LogP contribution is 2.42. The van der Waals surface area contributed by atoms with Crippen molar-refractivity contribution >= 4 is 0 Å². The molecule has 0 N–H and O–H groups in total. The summed E-state index contributed by atoms with van der Waals surface area (Å²) in [6, 6.07) is 12.4. The lowest BCUT2D eigenvalue weighted by molar-refractivity contribution is 0.0670. The van der Waals surface area contributed by atoms with Crippen LogP contribution in [0.25, 0.3) is 11.4 Å². The van der Waals surface area contributed by atoms with E-state index < -0.39 is 0 Å². The quantitative estimate of drug-likeness (QED) is 0.715. The summed E-state index contributed by atoms with van der Waals surface area (Å²) in [5.41, 5.74) is 2.01. The molecular formula is C19H19N3O. The number of hydrogen-bond donors (Lipinski definition) is 0. The highest BCUT2D eigenvalue weighted by atomic mass is 16.5. The minimum absolute atomic E-state index is 0.167. The molecule has 1 aliphatic heterocycles. The fourth-order valence-corrected chi connectivity index (χ4v) is 3.28. The standard InChI is InChI=1S/C19H19N3O/c1-19(2)12-16(15-13-20-9-8-17(15)23-19)22-11-10-21-18(22)14-6-4-3-5-7-14/h3-11,13,16H,12H2,1-2H3. The predicted molar refractivity (Wildman–Crippen MR) is 89.4 cm³/mol. The maximum absolute atomic E-state index is 6.12. The Bertz CT molecular complexity index is 823. The number of fused-ring (bicyclic) bond motifs is 1. The molecule has 0 saturated carbocycles. The molecule has 3 heterocycles. The highest BCUT2D eigenvalue weighted by Gasteiger charge is 2.35. The molecule has 23 heavy (non-hydrogen) atoms. The van der Waals surface area contributed by atoms with Gasteiger partial charge in [0.25, 0.3) is 0 Å². The number of ether oxygens (including phenoxy) is 1. The fourth-order valence-electron chi connectivity index (χ4n) is 3.28. The molecule has 0 bridgehead atoms. The minimum atomic E-state index is -0.225. The van der Waals surface area contributed by atoms with Crippen LogP contribution in [0.3, 0.4) is 0 Å². The van der Waals surface area contributed by atoms with Gasteiger partial charge in [0.15, 0.2) is 0 Å². The number of nitrogens with zero attached hydrogens (tertiary/aromatic N) is 3. The van der Waals surface area contributed by atoms with Gasteiger partial charge in [0.2, 0.25) is 0 Å². The first-order valence-corrected chi connectivity index (χ1v) is 7.85. The number of benzene rings is 1. The molecule has 1 aromatic carbocycles. The van der Waals surface area contributed by atoms with E-state index in [1.165, 1.54) is 0 Å². The van der Waals surface area contributed by atoms with Gasteiger partial charge in [0, 0.05) is 42.3 Å². The highest BCUT2D eigenvalue weighted by molar-refractivity contribution is 5.56. The first-order valence-electron chi connectivity index (χ1n) is 7.85. The van der Waals surface area contributed by atoms with Crippen LogP contribution in [0.5, 0.6) is 5.75 Å². The molecule has 4 heteroatoms. The van der Waals surface area contributed by atoms with Gasteiger partial charge in [0.05, 0.1) is 6.04 Å². The second-order valence-corrected chi connectivity index (χ2v) is 6.52. The molecule has 0 spiro atoms. The van der Waals surface area contributed by atoms with Crippen molar-refractivity contribution in [3.8, 4) is 17.1 Å². The topological polar surface area (TPSA) is 39.9 Å². The maximum Gasteiger partial charge on any atom is 0.140 e. The molecule has 0 fully saturated rings. The zero-order valence-electron chi connectivity index (χ0n) is 13.3. The number of hydrogen-bond acceptors (Lipinski definition) is 3. The van der Waals surface area contributed by atoms with Crippen LogP contribution < -0.4 is 4.74 Å². The van der Waals surface area contributed by atoms with Crippen molar-refractivity contribution in [2.75, 3.05) is 0 Å². The van der Waals surface area contributed by atoms with Gasteiger partial charge in [0.1, 0.15) is 17.2 Å². The molecule has 1 unspecified atom stereocenters. The summed E-state index contributed by atoms with van der Waals surface area (Å²) in [5, 5.41) is 0. The first-order chi connectivity index (χ1) is 11.1. The van der Waals surface area contributed by atoms with Crippen LogP contribution in [0.2, 0.25) is 0 Å². The van der Waals surface area contributed by atoms with E-state index in [4.69, 9.17) is 4.74 Å². The zero-order valence-corrected chi connectivity index (χ0v) is 13.3. The molecule has 0 aliphatic carbocycles. The molecule has 4 rings (SSSR count). The summed E-state index contributed by atoms with van der Waals surface area (Å²) in [4.78, 5) is 8.88. The molecule has 116 valence electrons. The molecule has 1 aliphatic rings. The van der Waals surface area contributed by atoms with E-state index in [1.54, 1.807) is 6.20 Å². The van der Waals surface area contributed by atoms with Crippen molar-refractivity contribution in [2.45, 2.75) is 31.9 Å². The van der Waals surface area contributed by atoms with Crippen molar-refractivity contribution in [1.82, 2.24) is 14.5 Å². The molecule has 3 aromatic rings.